The van der Waals surface area contributed by atoms with Crippen molar-refractivity contribution in [1.29, 1.82) is 0 Å². The minimum Gasteiger partial charge on any atom is -0.325 e. The second-order valence-electron chi connectivity index (χ2n) is 5.34. The van der Waals surface area contributed by atoms with Gasteiger partial charge in [-0.25, -0.2) is 4.68 Å². The molecule has 0 radical (unpaired) electrons. The van der Waals surface area contributed by atoms with Gasteiger partial charge in [0.05, 0.1) is 10.6 Å². The molecule has 3 aromatic rings. The van der Waals surface area contributed by atoms with Crippen molar-refractivity contribution >= 4 is 45.0 Å². The zero-order chi connectivity index (χ0) is 19.4. The largest absolute Gasteiger partial charge is 0.325 e. The number of hydrogen-bond donors (Lipinski definition) is 1. The van der Waals surface area contributed by atoms with E-state index in [1.165, 1.54) is 27.3 Å². The number of benzene rings is 1. The summed E-state index contributed by atoms with van der Waals surface area (Å²) in [5, 5.41) is 29.2. The highest BCUT2D eigenvalue weighted by molar-refractivity contribution is 9.10. The van der Waals surface area contributed by atoms with Crippen LogP contribution in [0.25, 0.3) is 0 Å². The number of nitrogens with zero attached hydrogens (tertiary/aromatic N) is 7. The van der Waals surface area contributed by atoms with E-state index in [0.717, 1.165) is 15.6 Å². The fourth-order valence-electron chi connectivity index (χ4n) is 2.09. The number of hydrogen-bond acceptors (Lipinski definition) is 8. The number of aromatic nitrogens is 6. The van der Waals surface area contributed by atoms with Crippen LogP contribution in [0.15, 0.2) is 45.1 Å². The maximum absolute atomic E-state index is 12.3. The Hall–Kier alpha value is -2.80. The monoisotopic (exact) mass is 452 g/mol. The molecule has 13 heteroatoms. The molecule has 0 aliphatic rings. The molecule has 1 aromatic carbocycles. The predicted molar refractivity (Wildman–Crippen MR) is 99.2 cm³/mol. The molecule has 0 aliphatic heterocycles. The van der Waals surface area contributed by atoms with E-state index in [-0.39, 0.29) is 24.6 Å². The van der Waals surface area contributed by atoms with Gasteiger partial charge in [0.15, 0.2) is 0 Å². The van der Waals surface area contributed by atoms with Crippen molar-refractivity contribution < 1.29 is 9.72 Å². The Kier molecular flexibility index (Phi) is 5.81. The molecule has 0 aliphatic carbocycles. The number of nitrogens with one attached hydrogen (secondary N) is 1. The summed E-state index contributed by atoms with van der Waals surface area (Å²) in [6.45, 7) is 0.226. The number of rotatable bonds is 7. The van der Waals surface area contributed by atoms with Gasteiger partial charge >= 0.3 is 5.69 Å². The second kappa shape index (κ2) is 8.26. The van der Waals surface area contributed by atoms with Crippen LogP contribution < -0.4 is 5.32 Å². The first-order valence-corrected chi connectivity index (χ1v) is 9.20. The average molecular weight is 453 g/mol. The lowest BCUT2D eigenvalue weighted by Crippen LogP contribution is -2.15. The zero-order valence-corrected chi connectivity index (χ0v) is 16.3. The Morgan fingerprint density at radius 2 is 2.26 bits per heavy atom. The van der Waals surface area contributed by atoms with Crippen LogP contribution in [0.1, 0.15) is 6.42 Å². The van der Waals surface area contributed by atoms with Crippen molar-refractivity contribution in [1.82, 2.24) is 30.0 Å². The number of nitro groups is 1. The molecule has 0 saturated heterocycles. The molecule has 2 aromatic heterocycles. The van der Waals surface area contributed by atoms with Crippen LogP contribution in [0.2, 0.25) is 0 Å². The van der Waals surface area contributed by atoms with Crippen LogP contribution in [0.4, 0.5) is 11.4 Å². The summed E-state index contributed by atoms with van der Waals surface area (Å²) in [6, 6.07) is 5.48. The van der Waals surface area contributed by atoms with E-state index in [4.69, 9.17) is 0 Å². The minimum atomic E-state index is -0.532. The molecule has 1 N–H and O–H groups in total. The smallest absolute Gasteiger partial charge is 0.306 e. The summed E-state index contributed by atoms with van der Waals surface area (Å²) in [5.41, 5.74) is 0.493. The molecule has 0 atom stereocenters. The fourth-order valence-corrected chi connectivity index (χ4v) is 3.25. The normalized spacial score (nSPS) is 10.7. The zero-order valence-electron chi connectivity index (χ0n) is 13.9. The minimum absolute atomic E-state index is 0.112. The third-order valence-electron chi connectivity index (χ3n) is 3.40. The van der Waals surface area contributed by atoms with Gasteiger partial charge in [0.25, 0.3) is 0 Å². The van der Waals surface area contributed by atoms with Crippen molar-refractivity contribution in [2.45, 2.75) is 23.0 Å². The standard InChI is InChI=1S/C14H13BrN8O3S/c1-21-14(18-19-20-21)27-12-3-2-9(15)6-11(12)17-13(24)4-5-22-8-10(7-16-22)23(25)26/h2-3,6-8H,4-5H2,1H3,(H,17,24). The SMILES string of the molecule is Cn1nnnc1Sc1ccc(Br)cc1NC(=O)CCn1cc([N+](=O)[O-])cn1. The van der Waals surface area contributed by atoms with Gasteiger partial charge in [-0.2, -0.15) is 5.10 Å². The van der Waals surface area contributed by atoms with Crippen molar-refractivity contribution in [3.05, 3.63) is 45.2 Å². The molecule has 3 rings (SSSR count). The highest BCUT2D eigenvalue weighted by Gasteiger charge is 2.13. The van der Waals surface area contributed by atoms with Crippen molar-refractivity contribution in [2.75, 3.05) is 5.32 Å². The maximum Gasteiger partial charge on any atom is 0.306 e. The number of halogens is 1. The van der Waals surface area contributed by atoms with E-state index in [2.05, 4.69) is 41.9 Å². The molecule has 27 heavy (non-hydrogen) atoms. The summed E-state index contributed by atoms with van der Waals surface area (Å²) in [7, 11) is 1.72. The van der Waals surface area contributed by atoms with Gasteiger partial charge in [-0.15, -0.1) is 5.10 Å². The van der Waals surface area contributed by atoms with Crippen LogP contribution >= 0.6 is 27.7 Å². The number of amides is 1. The Labute approximate surface area is 165 Å². The Morgan fingerprint density at radius 3 is 2.93 bits per heavy atom. The first kappa shape index (κ1) is 19.0. The van der Waals surface area contributed by atoms with Crippen molar-refractivity contribution in [3.63, 3.8) is 0 Å². The quantitative estimate of drug-likeness (QED) is 0.425. The van der Waals surface area contributed by atoms with Crippen LogP contribution in [-0.4, -0.2) is 40.8 Å². The van der Waals surface area contributed by atoms with Crippen LogP contribution in [0.3, 0.4) is 0 Å². The van der Waals surface area contributed by atoms with E-state index in [1.54, 1.807) is 13.1 Å². The highest BCUT2D eigenvalue weighted by Crippen LogP contribution is 2.33. The summed E-state index contributed by atoms with van der Waals surface area (Å²) < 4.78 is 3.70. The second-order valence-corrected chi connectivity index (χ2v) is 7.27. The van der Waals surface area contributed by atoms with E-state index < -0.39 is 4.92 Å². The third-order valence-corrected chi connectivity index (χ3v) is 4.99. The Balaban J connectivity index is 1.66. The molecule has 140 valence electrons. The summed E-state index contributed by atoms with van der Waals surface area (Å²) in [6.07, 6.45) is 2.55. The van der Waals surface area contributed by atoms with Crippen molar-refractivity contribution in [3.8, 4) is 0 Å². The molecule has 2 heterocycles. The van der Waals surface area contributed by atoms with Gasteiger partial charge in [0.2, 0.25) is 11.1 Å². The van der Waals surface area contributed by atoms with Crippen molar-refractivity contribution in [2.24, 2.45) is 7.05 Å². The molecule has 0 saturated carbocycles. The van der Waals surface area contributed by atoms with Gasteiger partial charge in [0, 0.05) is 29.4 Å². The van der Waals surface area contributed by atoms with E-state index in [1.807, 2.05) is 12.1 Å². The van der Waals surface area contributed by atoms with Gasteiger partial charge in [-0.1, -0.05) is 15.9 Å². The number of tetrazole rings is 1. The summed E-state index contributed by atoms with van der Waals surface area (Å²) in [5.74, 6) is -0.246. The molecule has 0 fully saturated rings. The lowest BCUT2D eigenvalue weighted by Gasteiger charge is -2.11. The number of carbonyl (C=O) groups is 1. The third kappa shape index (κ3) is 4.89. The fraction of sp³-hybridized carbons (Fsp3) is 0.214. The summed E-state index contributed by atoms with van der Waals surface area (Å²) in [4.78, 5) is 23.2. The van der Waals surface area contributed by atoms with E-state index >= 15 is 0 Å². The number of anilines is 1. The first-order chi connectivity index (χ1) is 12.9. The van der Waals surface area contributed by atoms with Crippen LogP contribution in [0, 0.1) is 10.1 Å². The highest BCUT2D eigenvalue weighted by atomic mass is 79.9. The topological polar surface area (TPSA) is 134 Å². The molecule has 11 nitrogen and oxygen atoms in total. The molecule has 1 amide bonds. The molecular weight excluding hydrogens is 440 g/mol. The Morgan fingerprint density at radius 1 is 1.44 bits per heavy atom. The van der Waals surface area contributed by atoms with E-state index in [0.29, 0.717) is 10.8 Å². The molecule has 0 bridgehead atoms. The van der Waals surface area contributed by atoms with Gasteiger partial charge < -0.3 is 5.32 Å². The van der Waals surface area contributed by atoms with Crippen LogP contribution in [0.5, 0.6) is 0 Å². The Bertz CT molecular complexity index is 988. The maximum atomic E-state index is 12.3. The molecule has 0 unspecified atom stereocenters. The average Bonchev–Trinajstić information content (AvgIpc) is 3.25. The number of aryl methyl sites for hydroxylation is 2. The van der Waals surface area contributed by atoms with Gasteiger partial charge in [-0.05, 0) is 40.4 Å². The first-order valence-electron chi connectivity index (χ1n) is 7.59. The molecular formula is C14H13BrN8O3S. The summed E-state index contributed by atoms with van der Waals surface area (Å²) >= 11 is 4.70. The van der Waals surface area contributed by atoms with E-state index in [9.17, 15) is 14.9 Å². The van der Waals surface area contributed by atoms with Crippen LogP contribution in [-0.2, 0) is 18.4 Å². The number of carbonyl (C=O) groups excluding carboxylic acids is 1. The van der Waals surface area contributed by atoms with Gasteiger partial charge in [0.1, 0.15) is 12.4 Å². The lowest BCUT2D eigenvalue weighted by atomic mass is 10.3. The predicted octanol–water partition coefficient (Wildman–Crippen LogP) is 2.26. The van der Waals surface area contributed by atoms with Gasteiger partial charge in [-0.3, -0.25) is 19.6 Å². The molecule has 0 spiro atoms. The lowest BCUT2D eigenvalue weighted by molar-refractivity contribution is -0.385.